The van der Waals surface area contributed by atoms with Crippen molar-refractivity contribution in [1.29, 1.82) is 0 Å². The van der Waals surface area contributed by atoms with E-state index >= 15 is 0 Å². The summed E-state index contributed by atoms with van der Waals surface area (Å²) in [5, 5.41) is 56.3. The minimum atomic E-state index is -0.983. The van der Waals surface area contributed by atoms with Crippen LogP contribution in [0.5, 0.6) is 5.75 Å². The number of carbonyl (C=O) groups excluding carboxylic acids is 2. The normalized spacial score (nSPS) is 19.6. The molecular weight excluding hydrogens is 914 g/mol. The third kappa shape index (κ3) is 10.7. The average Bonchev–Trinajstić information content (AvgIpc) is 4.15. The largest absolute Gasteiger partial charge is 0.507 e. The van der Waals surface area contributed by atoms with E-state index in [1.165, 1.54) is 17.0 Å². The predicted octanol–water partition coefficient (Wildman–Crippen LogP) is 7.07. The smallest absolute Gasteiger partial charge is 0.243 e. The standard InChI is InChI=1S/C51H64FN11O6S/c1-29(2)45(50(67)62-26-37(64)22-41(62)49(66)55-30(3)33-7-9-34(10-8-33)47-31(4)54-28-70-47)43-24-44(59-69-43)61-19-13-32(14-20-61)25-60-17-15-36(16-18-60)63-40-23-39(38-12-11-35(52)21-42(38)65)56-57-46(40)48(58-63)53-27-51(5,6)68/h7-12,21,23-24,28-30,32,36-37,41,45,64-65,68H,13-20,22,25-27H2,1-6H3,(H,53,58)(H,55,66)/t30-,37+,41-,45?/m0/s1. The van der Waals surface area contributed by atoms with Gasteiger partial charge in [-0.15, -0.1) is 21.5 Å². The molecule has 4 aromatic heterocycles. The van der Waals surface area contributed by atoms with E-state index in [9.17, 15) is 29.3 Å². The molecule has 0 saturated carbocycles. The number of aryl methyl sites for hydroxylation is 1. The fraction of sp³-hybridized carbons (Fsp3) is 0.510. The molecule has 9 rings (SSSR count). The zero-order valence-corrected chi connectivity index (χ0v) is 41.5. The highest BCUT2D eigenvalue weighted by Crippen LogP contribution is 2.37. The number of piperidine rings is 2. The zero-order chi connectivity index (χ0) is 49.4. The van der Waals surface area contributed by atoms with E-state index < -0.39 is 29.5 Å². The number of carbonyl (C=O) groups is 2. The van der Waals surface area contributed by atoms with Crippen molar-refractivity contribution < 1.29 is 33.8 Å². The number of nitrogens with zero attached hydrogens (tertiary/aromatic N) is 9. The summed E-state index contributed by atoms with van der Waals surface area (Å²) >= 11 is 1.59. The second-order valence-corrected chi connectivity index (χ2v) is 21.2. The van der Waals surface area contributed by atoms with Crippen molar-refractivity contribution in [3.63, 3.8) is 0 Å². The number of hydrogen-bond donors (Lipinski definition) is 5. The van der Waals surface area contributed by atoms with Gasteiger partial charge in [0.25, 0.3) is 0 Å². The van der Waals surface area contributed by atoms with Gasteiger partial charge in [-0.2, -0.15) is 5.10 Å². The van der Waals surface area contributed by atoms with Crippen LogP contribution < -0.4 is 15.5 Å². The Balaban J connectivity index is 0.792. The van der Waals surface area contributed by atoms with Crippen LogP contribution in [-0.4, -0.2) is 131 Å². The number of halogens is 1. The number of aliphatic hydroxyl groups excluding tert-OH is 1. The summed E-state index contributed by atoms with van der Waals surface area (Å²) in [4.78, 5) is 39.9. The van der Waals surface area contributed by atoms with Crippen LogP contribution in [0.3, 0.4) is 0 Å². The van der Waals surface area contributed by atoms with Crippen LogP contribution in [0.2, 0.25) is 0 Å². The molecule has 0 spiro atoms. The maximum atomic E-state index is 14.4. The molecule has 3 fully saturated rings. The first-order valence-corrected chi connectivity index (χ1v) is 25.3. The fourth-order valence-electron chi connectivity index (χ4n) is 10.2. The van der Waals surface area contributed by atoms with Gasteiger partial charge in [0.2, 0.25) is 11.8 Å². The van der Waals surface area contributed by atoms with E-state index in [2.05, 4.69) is 40.8 Å². The first-order chi connectivity index (χ1) is 33.5. The van der Waals surface area contributed by atoms with Gasteiger partial charge in [-0.25, -0.2) is 9.37 Å². The molecule has 3 saturated heterocycles. The molecule has 0 radical (unpaired) electrons. The van der Waals surface area contributed by atoms with Gasteiger partial charge in [0, 0.05) is 69.9 Å². The summed E-state index contributed by atoms with van der Waals surface area (Å²) in [6.07, 6.45) is 3.01. The molecule has 372 valence electrons. The summed E-state index contributed by atoms with van der Waals surface area (Å²) in [5.74, 6) is -0.0167. The predicted molar refractivity (Wildman–Crippen MR) is 266 cm³/mol. The van der Waals surface area contributed by atoms with Gasteiger partial charge in [-0.05, 0) is 94.5 Å². The van der Waals surface area contributed by atoms with Gasteiger partial charge in [-0.3, -0.25) is 14.3 Å². The molecule has 70 heavy (non-hydrogen) atoms. The van der Waals surface area contributed by atoms with Crippen molar-refractivity contribution in [3.05, 3.63) is 82.9 Å². The number of thiazole rings is 1. The van der Waals surface area contributed by atoms with E-state index in [4.69, 9.17) is 9.62 Å². The number of nitrogens with one attached hydrogen (secondary N) is 2. The van der Waals surface area contributed by atoms with Crippen LogP contribution in [-0.2, 0) is 9.59 Å². The summed E-state index contributed by atoms with van der Waals surface area (Å²) in [7, 11) is 0. The number of aromatic nitrogens is 6. The van der Waals surface area contributed by atoms with Crippen LogP contribution >= 0.6 is 11.3 Å². The number of phenols is 1. The van der Waals surface area contributed by atoms with E-state index in [0.717, 1.165) is 91.7 Å². The van der Waals surface area contributed by atoms with Gasteiger partial charge >= 0.3 is 0 Å². The number of β-amino-alcohol motifs (C(OH)–C–C–N with tert-alkyl or cyclic N) is 1. The number of aromatic hydroxyl groups is 1. The maximum Gasteiger partial charge on any atom is 0.243 e. The minimum Gasteiger partial charge on any atom is -0.507 e. The Bertz CT molecular complexity index is 2790. The molecule has 0 bridgehead atoms. The van der Waals surface area contributed by atoms with Crippen LogP contribution in [0.1, 0.15) is 102 Å². The lowest BCUT2D eigenvalue weighted by Crippen LogP contribution is -2.48. The maximum absolute atomic E-state index is 14.4. The lowest BCUT2D eigenvalue weighted by atomic mass is 9.91. The monoisotopic (exact) mass is 977 g/mol. The molecule has 6 aromatic rings. The second-order valence-electron chi connectivity index (χ2n) is 20.4. The number of fused-ring (bicyclic) bond motifs is 1. The number of phenolic OH excluding ortho intramolecular Hbond substituents is 1. The number of likely N-dealkylation sites (tertiary alicyclic amines) is 2. The Morgan fingerprint density at radius 2 is 1.73 bits per heavy atom. The van der Waals surface area contributed by atoms with Gasteiger partial charge in [0.1, 0.15) is 23.5 Å². The van der Waals surface area contributed by atoms with E-state index in [-0.39, 0.29) is 55.1 Å². The van der Waals surface area contributed by atoms with Gasteiger partial charge in [0.05, 0.1) is 51.1 Å². The van der Waals surface area contributed by atoms with Crippen molar-refractivity contribution in [2.45, 2.75) is 109 Å². The quantitative estimate of drug-likeness (QED) is 0.0697. The molecule has 17 nitrogen and oxygen atoms in total. The average molecular weight is 978 g/mol. The molecule has 5 N–H and O–H groups in total. The summed E-state index contributed by atoms with van der Waals surface area (Å²) < 4.78 is 21.7. The van der Waals surface area contributed by atoms with E-state index in [1.54, 1.807) is 25.2 Å². The Morgan fingerprint density at radius 3 is 2.40 bits per heavy atom. The summed E-state index contributed by atoms with van der Waals surface area (Å²) in [6, 6.07) is 14.5. The van der Waals surface area contributed by atoms with Gasteiger partial charge in [-0.1, -0.05) is 43.3 Å². The fourth-order valence-corrected chi connectivity index (χ4v) is 11.0. The topological polar surface area (TPSA) is 211 Å². The lowest BCUT2D eigenvalue weighted by molar-refractivity contribution is -0.141. The Morgan fingerprint density at radius 1 is 0.986 bits per heavy atom. The number of anilines is 2. The molecule has 2 amide bonds. The van der Waals surface area contributed by atoms with E-state index in [1.807, 2.05) is 74.3 Å². The van der Waals surface area contributed by atoms with E-state index in [0.29, 0.717) is 40.1 Å². The molecule has 4 atom stereocenters. The van der Waals surface area contributed by atoms with Crippen LogP contribution in [0.25, 0.3) is 32.7 Å². The third-order valence-corrected chi connectivity index (χ3v) is 15.1. The Kier molecular flexibility index (Phi) is 14.3. The van der Waals surface area contributed by atoms with Crippen molar-refractivity contribution in [3.8, 4) is 27.4 Å². The third-order valence-electron chi connectivity index (χ3n) is 14.1. The highest BCUT2D eigenvalue weighted by atomic mass is 32.1. The van der Waals surface area contributed by atoms with Crippen molar-refractivity contribution in [2.75, 3.05) is 56.0 Å². The SMILES string of the molecule is Cc1ncsc1-c1ccc([C@H](C)NC(=O)[C@@H]2C[C@@H](O)CN2C(=O)C(c2cc(N3CCC(CN4CCC(n5nc(NCC(C)(C)O)c6nnc(-c7ccc(F)cc7O)cc65)CC4)CC3)no2)C(C)C)cc1. The molecule has 3 aliphatic rings. The number of aliphatic hydroxyl groups is 2. The van der Waals surface area contributed by atoms with Gasteiger partial charge < -0.3 is 45.2 Å². The highest BCUT2D eigenvalue weighted by molar-refractivity contribution is 7.13. The number of amides is 2. The molecule has 0 aliphatic carbocycles. The molecule has 19 heteroatoms. The van der Waals surface area contributed by atoms with Gasteiger partial charge in [0.15, 0.2) is 22.9 Å². The number of hydrogen-bond acceptors (Lipinski definition) is 15. The summed E-state index contributed by atoms with van der Waals surface area (Å²) in [5.41, 5.74) is 5.90. The first-order valence-electron chi connectivity index (χ1n) is 24.4. The van der Waals surface area contributed by atoms with Crippen molar-refractivity contribution in [1.82, 2.24) is 45.2 Å². The highest BCUT2D eigenvalue weighted by Gasteiger charge is 2.44. The molecule has 1 unspecified atom stereocenters. The zero-order valence-electron chi connectivity index (χ0n) is 40.7. The minimum absolute atomic E-state index is 0.0627. The first kappa shape index (κ1) is 49.0. The lowest BCUT2D eigenvalue weighted by Gasteiger charge is -2.37. The number of rotatable bonds is 15. The molecule has 7 heterocycles. The van der Waals surface area contributed by atoms with Crippen molar-refractivity contribution >= 4 is 45.8 Å². The van der Waals surface area contributed by atoms with Crippen LogP contribution in [0, 0.1) is 24.6 Å². The number of benzene rings is 2. The van der Waals surface area contributed by atoms with Crippen LogP contribution in [0.4, 0.5) is 16.0 Å². The molecule has 3 aliphatic heterocycles. The van der Waals surface area contributed by atoms with Crippen molar-refractivity contribution in [2.24, 2.45) is 11.8 Å². The molecule has 2 aromatic carbocycles. The summed E-state index contributed by atoms with van der Waals surface area (Å²) in [6.45, 7) is 15.9. The second kappa shape index (κ2) is 20.4. The Labute approximate surface area is 411 Å². The van der Waals surface area contributed by atoms with Crippen LogP contribution in [0.15, 0.2) is 64.6 Å². The Hall–Kier alpha value is -6.02. The molecular formula is C51H64FN11O6S.